The number of benzene rings is 2. The Morgan fingerprint density at radius 2 is 1.75 bits per heavy atom. The lowest BCUT2D eigenvalue weighted by atomic mass is 10.2. The van der Waals surface area contributed by atoms with Crippen LogP contribution in [0.4, 0.5) is 5.69 Å². The van der Waals surface area contributed by atoms with Crippen molar-refractivity contribution >= 4 is 23.2 Å². The zero-order valence-electron chi connectivity index (χ0n) is 12.8. The molecule has 7 heteroatoms. The molecule has 0 spiro atoms. The lowest BCUT2D eigenvalue weighted by Crippen LogP contribution is -2.11. The summed E-state index contributed by atoms with van der Waals surface area (Å²) in [4.78, 5) is 5.22. The fourth-order valence-electron chi connectivity index (χ4n) is 2.02. The van der Waals surface area contributed by atoms with Crippen LogP contribution in [0.2, 0.25) is 0 Å². The third-order valence-corrected chi connectivity index (χ3v) is 4.24. The molecule has 3 N–H and O–H groups in total. The zero-order valence-corrected chi connectivity index (χ0v) is 13.6. The largest absolute Gasteiger partial charge is 0.504 e. The van der Waals surface area contributed by atoms with E-state index >= 15 is 0 Å². The first kappa shape index (κ1) is 15.8. The van der Waals surface area contributed by atoms with Crippen molar-refractivity contribution in [1.29, 1.82) is 0 Å². The van der Waals surface area contributed by atoms with Crippen LogP contribution in [-0.2, 0) is 0 Å². The van der Waals surface area contributed by atoms with Crippen molar-refractivity contribution in [2.45, 2.75) is 6.92 Å². The number of aryl methyl sites for hydroxylation is 1. The van der Waals surface area contributed by atoms with E-state index in [1.165, 1.54) is 29.7 Å². The summed E-state index contributed by atoms with van der Waals surface area (Å²) in [6.07, 6.45) is 1.40. The number of rotatable bonds is 3. The van der Waals surface area contributed by atoms with E-state index in [2.05, 4.69) is 10.1 Å². The summed E-state index contributed by atoms with van der Waals surface area (Å²) in [6, 6.07) is 12.3. The Hall–Kier alpha value is -3.06. The Kier molecular flexibility index (Phi) is 4.35. The summed E-state index contributed by atoms with van der Waals surface area (Å²) in [5.41, 5.74) is 1.98. The van der Waals surface area contributed by atoms with Gasteiger partial charge in [0.05, 0.1) is 17.6 Å². The lowest BCUT2D eigenvalue weighted by molar-refractivity contribution is 0.367. The number of hydrogen-bond donors (Lipinski definition) is 3. The van der Waals surface area contributed by atoms with Gasteiger partial charge in [-0.25, -0.2) is 9.67 Å². The quantitative estimate of drug-likeness (QED) is 0.505. The Bertz CT molecular complexity index is 959. The minimum atomic E-state index is -0.569. The number of hydrogen-bond acceptors (Lipinski definition) is 6. The molecule has 2 aromatic carbocycles. The van der Waals surface area contributed by atoms with Crippen molar-refractivity contribution in [2.75, 3.05) is 0 Å². The van der Waals surface area contributed by atoms with Crippen molar-refractivity contribution in [3.8, 4) is 17.2 Å². The fraction of sp³-hybridized carbons (Fsp3) is 0.0588. The predicted molar refractivity (Wildman–Crippen MR) is 93.1 cm³/mol. The molecular weight excluding hydrogens is 326 g/mol. The average molecular weight is 341 g/mol. The van der Waals surface area contributed by atoms with Gasteiger partial charge in [0.25, 0.3) is 0 Å². The number of para-hydroxylation sites is 1. The number of aromatic hydroxyl groups is 3. The topological polar surface area (TPSA) is 90.3 Å². The second-order valence-corrected chi connectivity index (χ2v) is 5.87. The summed E-state index contributed by atoms with van der Waals surface area (Å²) in [6.45, 7) is 1.89. The molecule has 0 bridgehead atoms. The number of aromatic nitrogens is 1. The van der Waals surface area contributed by atoms with E-state index < -0.39 is 11.5 Å². The number of nitrogens with zero attached hydrogens (tertiary/aromatic N) is 3. The first-order valence-corrected chi connectivity index (χ1v) is 7.99. The van der Waals surface area contributed by atoms with Crippen LogP contribution in [0.25, 0.3) is 0 Å². The molecule has 6 nitrogen and oxygen atoms in total. The van der Waals surface area contributed by atoms with Crippen LogP contribution in [0.5, 0.6) is 17.2 Å². The maximum Gasteiger partial charge on any atom is 0.211 e. The molecule has 3 rings (SSSR count). The predicted octanol–water partition coefficient (Wildman–Crippen LogP) is 3.09. The molecule has 0 radical (unpaired) electrons. The molecule has 24 heavy (non-hydrogen) atoms. The van der Waals surface area contributed by atoms with E-state index in [9.17, 15) is 15.3 Å². The van der Waals surface area contributed by atoms with Crippen LogP contribution in [0.15, 0.2) is 57.9 Å². The normalized spacial score (nSPS) is 12.1. The van der Waals surface area contributed by atoms with Gasteiger partial charge in [0.1, 0.15) is 0 Å². The average Bonchev–Trinajstić information content (AvgIpc) is 2.93. The minimum absolute atomic E-state index is 0.286. The molecule has 3 aromatic rings. The summed E-state index contributed by atoms with van der Waals surface area (Å²) >= 11 is 1.45. The van der Waals surface area contributed by atoms with E-state index in [1.807, 2.05) is 42.6 Å². The van der Waals surface area contributed by atoms with Gasteiger partial charge in [0.2, 0.25) is 10.6 Å². The SMILES string of the molecule is Cc1cs/c(=N\c2ccccc2)n1/N=C/c1ccc(O)c(O)c1O. The van der Waals surface area contributed by atoms with Gasteiger partial charge >= 0.3 is 0 Å². The number of phenolic OH excluding ortho intramolecular Hbond substituents is 3. The third kappa shape index (κ3) is 3.16. The van der Waals surface area contributed by atoms with E-state index in [-0.39, 0.29) is 11.3 Å². The monoisotopic (exact) mass is 341 g/mol. The van der Waals surface area contributed by atoms with Gasteiger partial charge in [-0.3, -0.25) is 0 Å². The van der Waals surface area contributed by atoms with Crippen LogP contribution in [-0.4, -0.2) is 26.2 Å². The van der Waals surface area contributed by atoms with Crippen molar-refractivity contribution in [2.24, 2.45) is 10.1 Å². The summed E-state index contributed by atoms with van der Waals surface area (Å²) in [7, 11) is 0. The van der Waals surface area contributed by atoms with Crippen LogP contribution < -0.4 is 4.80 Å². The van der Waals surface area contributed by atoms with Crippen LogP contribution in [0.3, 0.4) is 0 Å². The summed E-state index contributed by atoms with van der Waals surface area (Å²) in [5, 5.41) is 35.0. The maximum atomic E-state index is 9.85. The highest BCUT2D eigenvalue weighted by Crippen LogP contribution is 2.36. The second-order valence-electron chi connectivity index (χ2n) is 5.03. The van der Waals surface area contributed by atoms with Crippen molar-refractivity contribution < 1.29 is 15.3 Å². The van der Waals surface area contributed by atoms with E-state index in [0.29, 0.717) is 4.80 Å². The highest BCUT2D eigenvalue weighted by atomic mass is 32.1. The minimum Gasteiger partial charge on any atom is -0.504 e. The van der Waals surface area contributed by atoms with E-state index in [4.69, 9.17) is 0 Å². The van der Waals surface area contributed by atoms with E-state index in [1.54, 1.807) is 4.68 Å². The van der Waals surface area contributed by atoms with E-state index in [0.717, 1.165) is 11.4 Å². The Morgan fingerprint density at radius 3 is 2.50 bits per heavy atom. The highest BCUT2D eigenvalue weighted by Gasteiger charge is 2.09. The molecule has 0 amide bonds. The van der Waals surface area contributed by atoms with Crippen molar-refractivity contribution in [3.63, 3.8) is 0 Å². The Morgan fingerprint density at radius 1 is 1.00 bits per heavy atom. The molecule has 122 valence electrons. The molecule has 0 aliphatic carbocycles. The molecule has 0 aliphatic heterocycles. The molecule has 0 aliphatic rings. The number of thiazole rings is 1. The third-order valence-electron chi connectivity index (χ3n) is 3.30. The maximum absolute atomic E-state index is 9.85. The first-order valence-electron chi connectivity index (χ1n) is 7.11. The van der Waals surface area contributed by atoms with Gasteiger partial charge < -0.3 is 15.3 Å². The van der Waals surface area contributed by atoms with Crippen molar-refractivity contribution in [1.82, 2.24) is 4.68 Å². The molecule has 0 saturated carbocycles. The van der Waals surface area contributed by atoms with Gasteiger partial charge in [-0.05, 0) is 31.2 Å². The molecule has 0 fully saturated rings. The standard InChI is InChI=1S/C17H15N3O3S/c1-11-10-24-17(19-13-5-3-2-4-6-13)20(11)18-9-12-7-8-14(21)16(23)15(12)22/h2-10,21-23H,1H3/b18-9+,19-17-. The molecule has 1 heterocycles. The molecule has 0 unspecified atom stereocenters. The summed E-state index contributed by atoms with van der Waals surface area (Å²) < 4.78 is 1.64. The van der Waals surface area contributed by atoms with Gasteiger partial charge in [0.15, 0.2) is 11.5 Å². The van der Waals surface area contributed by atoms with Gasteiger partial charge in [-0.2, -0.15) is 5.10 Å². The highest BCUT2D eigenvalue weighted by molar-refractivity contribution is 7.07. The zero-order chi connectivity index (χ0) is 17.1. The molecule has 1 aromatic heterocycles. The van der Waals surface area contributed by atoms with Gasteiger partial charge in [-0.1, -0.05) is 18.2 Å². The fourth-order valence-corrected chi connectivity index (χ4v) is 2.85. The first-order chi connectivity index (χ1) is 11.6. The molecule has 0 saturated heterocycles. The van der Waals surface area contributed by atoms with Crippen molar-refractivity contribution in [3.05, 3.63) is 63.9 Å². The van der Waals surface area contributed by atoms with Gasteiger partial charge in [-0.15, -0.1) is 11.3 Å². The van der Waals surface area contributed by atoms with Crippen LogP contribution in [0.1, 0.15) is 11.3 Å². The van der Waals surface area contributed by atoms with Crippen LogP contribution in [0, 0.1) is 6.92 Å². The Labute approximate surface area is 141 Å². The molecule has 0 atom stereocenters. The number of phenols is 3. The van der Waals surface area contributed by atoms with Gasteiger partial charge in [0, 0.05) is 10.9 Å². The smallest absolute Gasteiger partial charge is 0.211 e. The lowest BCUT2D eigenvalue weighted by Gasteiger charge is -2.03. The summed E-state index contributed by atoms with van der Waals surface area (Å²) in [5.74, 6) is -1.38. The Balaban J connectivity index is 2.01. The molecular formula is C17H15N3O3S. The van der Waals surface area contributed by atoms with Crippen LogP contribution >= 0.6 is 11.3 Å². The second kappa shape index (κ2) is 6.59.